The Morgan fingerprint density at radius 2 is 1.94 bits per heavy atom. The average Bonchev–Trinajstić information content (AvgIpc) is 3.23. The van der Waals surface area contributed by atoms with Crippen LogP contribution in [0.25, 0.3) is 0 Å². The average molecular weight is 518 g/mol. The highest BCUT2D eigenvalue weighted by Crippen LogP contribution is 2.17. The number of hydrogen-bond donors (Lipinski definition) is 2. The number of aromatic nitrogens is 6. The summed E-state index contributed by atoms with van der Waals surface area (Å²) in [6.45, 7) is -1.71. The number of nitrogens with zero attached hydrogens (tertiary/aromatic N) is 6. The number of hydrogen-bond acceptors (Lipinski definition) is 8. The van der Waals surface area contributed by atoms with Crippen molar-refractivity contribution in [3.63, 3.8) is 0 Å². The summed E-state index contributed by atoms with van der Waals surface area (Å²) < 4.78 is 41.3. The number of carbonyl (C=O) groups excluding carboxylic acids is 1. The van der Waals surface area contributed by atoms with E-state index in [1.54, 1.807) is 24.3 Å². The molecule has 16 heteroatoms. The summed E-state index contributed by atoms with van der Waals surface area (Å²) in [5, 5.41) is 24.6. The van der Waals surface area contributed by atoms with Crippen molar-refractivity contribution in [1.29, 1.82) is 0 Å². The van der Waals surface area contributed by atoms with Crippen LogP contribution in [0.1, 0.15) is 27.8 Å². The molecular weight excluding hydrogens is 499 g/mol. The number of aliphatic hydroxyl groups is 1. The molecular formula is C19H19ClF3N7O5. The van der Waals surface area contributed by atoms with Crippen LogP contribution in [0.15, 0.2) is 40.1 Å². The van der Waals surface area contributed by atoms with Gasteiger partial charge in [-0.2, -0.15) is 4.80 Å². The van der Waals surface area contributed by atoms with E-state index in [9.17, 15) is 32.7 Å². The lowest BCUT2D eigenvalue weighted by molar-refractivity contribution is -0.323. The highest BCUT2D eigenvalue weighted by atomic mass is 35.5. The molecule has 0 aliphatic heterocycles. The van der Waals surface area contributed by atoms with Gasteiger partial charge in [-0.05, 0) is 22.9 Å². The predicted octanol–water partition coefficient (Wildman–Crippen LogP) is 0.235. The van der Waals surface area contributed by atoms with Gasteiger partial charge in [0.25, 0.3) is 11.5 Å². The molecule has 3 aromatic rings. The van der Waals surface area contributed by atoms with Crippen LogP contribution in [0.5, 0.6) is 0 Å². The van der Waals surface area contributed by atoms with Gasteiger partial charge in [0.1, 0.15) is 11.7 Å². The molecule has 0 radical (unpaired) electrons. The van der Waals surface area contributed by atoms with E-state index in [2.05, 4.69) is 25.5 Å². The Hall–Kier alpha value is -3.56. The van der Waals surface area contributed by atoms with Crippen LogP contribution < -0.4 is 16.6 Å². The third-order valence-electron chi connectivity index (χ3n) is 4.65. The molecule has 0 saturated carbocycles. The van der Waals surface area contributed by atoms with E-state index in [-0.39, 0.29) is 18.9 Å². The molecule has 12 nitrogen and oxygen atoms in total. The fraction of sp³-hybridized carbons (Fsp3) is 0.368. The molecule has 2 N–H and O–H groups in total. The number of aliphatic hydroxyl groups excluding tert-OH is 1. The summed E-state index contributed by atoms with van der Waals surface area (Å²) in [5.74, 6) is -0.952. The minimum absolute atomic E-state index is 0.0407. The summed E-state index contributed by atoms with van der Waals surface area (Å²) in [6.07, 6.45) is -4.87. The molecule has 0 aliphatic carbocycles. The largest absolute Gasteiger partial charge is 0.522 e. The molecule has 2 heterocycles. The summed E-state index contributed by atoms with van der Waals surface area (Å²) >= 11 is 5.83. The summed E-state index contributed by atoms with van der Waals surface area (Å²) in [6, 6.07) is 6.50. The summed E-state index contributed by atoms with van der Waals surface area (Å²) in [7, 11) is 1.14. The lowest BCUT2D eigenvalue weighted by atomic mass is 10.1. The second kappa shape index (κ2) is 10.8. The molecule has 3 rings (SSSR count). The normalized spacial score (nSPS) is 12.5. The van der Waals surface area contributed by atoms with Gasteiger partial charge < -0.3 is 10.4 Å². The molecule has 188 valence electrons. The highest BCUT2D eigenvalue weighted by Gasteiger charge is 2.28. The Balaban J connectivity index is 1.71. The van der Waals surface area contributed by atoms with Crippen molar-refractivity contribution < 1.29 is 27.8 Å². The SMILES string of the molecule is Cn1c(=O)c(C(=O)NCCOC(F)(F)F)cn(Cc2nnn(C[C@H](O)c3ccc(Cl)cc3)n2)c1=O. The van der Waals surface area contributed by atoms with Gasteiger partial charge in [-0.3, -0.25) is 23.5 Å². The molecule has 0 saturated heterocycles. The maximum absolute atomic E-state index is 12.5. The van der Waals surface area contributed by atoms with Crippen molar-refractivity contribution in [2.45, 2.75) is 25.6 Å². The molecule has 1 amide bonds. The number of amides is 1. The summed E-state index contributed by atoms with van der Waals surface area (Å²) in [5.41, 5.74) is -1.64. The Morgan fingerprint density at radius 3 is 2.60 bits per heavy atom. The molecule has 0 unspecified atom stereocenters. The van der Waals surface area contributed by atoms with Gasteiger partial charge in [0.2, 0.25) is 0 Å². The number of benzene rings is 1. The van der Waals surface area contributed by atoms with Gasteiger partial charge in [-0.15, -0.1) is 23.4 Å². The van der Waals surface area contributed by atoms with Crippen LogP contribution in [0.3, 0.4) is 0 Å². The first-order chi connectivity index (χ1) is 16.4. The third-order valence-corrected chi connectivity index (χ3v) is 4.90. The Bertz CT molecular complexity index is 1300. The van der Waals surface area contributed by atoms with E-state index >= 15 is 0 Å². The maximum atomic E-state index is 12.5. The van der Waals surface area contributed by atoms with Crippen LogP contribution >= 0.6 is 11.6 Å². The monoisotopic (exact) mass is 517 g/mol. The Labute approximate surface area is 199 Å². The lowest BCUT2D eigenvalue weighted by Gasteiger charge is -2.11. The molecule has 1 atom stereocenters. The number of nitrogens with one attached hydrogen (secondary N) is 1. The van der Waals surface area contributed by atoms with E-state index < -0.39 is 48.3 Å². The van der Waals surface area contributed by atoms with Crippen LogP contribution in [-0.2, 0) is 24.9 Å². The van der Waals surface area contributed by atoms with Crippen LogP contribution in [0.2, 0.25) is 5.02 Å². The Morgan fingerprint density at radius 1 is 1.26 bits per heavy atom. The fourth-order valence-electron chi connectivity index (χ4n) is 2.94. The molecule has 0 bridgehead atoms. The minimum atomic E-state index is -4.86. The first-order valence-corrected chi connectivity index (χ1v) is 10.3. The maximum Gasteiger partial charge on any atom is 0.522 e. The van der Waals surface area contributed by atoms with Crippen molar-refractivity contribution in [3.05, 3.63) is 73.3 Å². The van der Waals surface area contributed by atoms with Gasteiger partial charge >= 0.3 is 12.1 Å². The first kappa shape index (κ1) is 26.1. The molecule has 35 heavy (non-hydrogen) atoms. The van der Waals surface area contributed by atoms with E-state index in [0.717, 1.165) is 22.6 Å². The number of tetrazole rings is 1. The van der Waals surface area contributed by atoms with Crippen molar-refractivity contribution >= 4 is 17.5 Å². The van der Waals surface area contributed by atoms with Crippen LogP contribution in [-0.4, -0.2) is 59.9 Å². The smallest absolute Gasteiger partial charge is 0.386 e. The zero-order chi connectivity index (χ0) is 25.8. The van der Waals surface area contributed by atoms with Crippen molar-refractivity contribution in [2.24, 2.45) is 7.05 Å². The molecule has 0 spiro atoms. The van der Waals surface area contributed by atoms with E-state index in [4.69, 9.17) is 11.6 Å². The highest BCUT2D eigenvalue weighted by molar-refractivity contribution is 6.30. The van der Waals surface area contributed by atoms with Crippen LogP contribution in [0, 0.1) is 0 Å². The van der Waals surface area contributed by atoms with Gasteiger partial charge in [0.05, 0.1) is 19.7 Å². The number of carbonyl (C=O) groups is 1. The van der Waals surface area contributed by atoms with E-state index in [0.29, 0.717) is 15.2 Å². The number of alkyl halides is 3. The zero-order valence-corrected chi connectivity index (χ0v) is 18.8. The van der Waals surface area contributed by atoms with Gasteiger partial charge in [-0.25, -0.2) is 4.79 Å². The third kappa shape index (κ3) is 6.97. The van der Waals surface area contributed by atoms with E-state index in [1.165, 1.54) is 0 Å². The fourth-order valence-corrected chi connectivity index (χ4v) is 3.06. The zero-order valence-electron chi connectivity index (χ0n) is 18.1. The van der Waals surface area contributed by atoms with Crippen molar-refractivity contribution in [2.75, 3.05) is 13.2 Å². The quantitative estimate of drug-likeness (QED) is 0.384. The van der Waals surface area contributed by atoms with Crippen LogP contribution in [0.4, 0.5) is 13.2 Å². The molecule has 0 fully saturated rings. The van der Waals surface area contributed by atoms with Crippen molar-refractivity contribution in [3.8, 4) is 0 Å². The number of ether oxygens (including phenoxy) is 1. The minimum Gasteiger partial charge on any atom is -0.386 e. The second-order valence-corrected chi connectivity index (χ2v) is 7.63. The molecule has 0 aliphatic rings. The van der Waals surface area contributed by atoms with Gasteiger partial charge in [0, 0.05) is 24.8 Å². The first-order valence-electron chi connectivity index (χ1n) is 9.94. The summed E-state index contributed by atoms with van der Waals surface area (Å²) in [4.78, 5) is 38.1. The lowest BCUT2D eigenvalue weighted by Crippen LogP contribution is -2.43. The van der Waals surface area contributed by atoms with Crippen molar-refractivity contribution in [1.82, 2.24) is 34.7 Å². The molecule has 1 aromatic carbocycles. The van der Waals surface area contributed by atoms with E-state index in [1.807, 2.05) is 0 Å². The Kier molecular flexibility index (Phi) is 8.03. The van der Waals surface area contributed by atoms with Gasteiger partial charge in [-0.1, -0.05) is 23.7 Å². The topological polar surface area (TPSA) is 146 Å². The number of rotatable bonds is 9. The van der Waals surface area contributed by atoms with Gasteiger partial charge in [0.15, 0.2) is 5.82 Å². The number of halogens is 4. The standard InChI is InChI=1S/C19H19ClF3N7O5/c1-28-17(33)13(16(32)24-6-7-35-19(21,22)23)8-29(18(28)34)10-15-25-27-30(26-15)9-14(31)11-2-4-12(20)5-3-11/h2-5,8,14,31H,6-7,9-10H2,1H3,(H,24,32)/t14-/m0/s1. The second-order valence-electron chi connectivity index (χ2n) is 7.20. The molecule has 2 aromatic heterocycles. The predicted molar refractivity (Wildman–Crippen MR) is 114 cm³/mol.